The summed E-state index contributed by atoms with van der Waals surface area (Å²) >= 11 is 1.19. The van der Waals surface area contributed by atoms with Crippen LogP contribution in [-0.2, 0) is 14.8 Å². The van der Waals surface area contributed by atoms with Crippen molar-refractivity contribution < 1.29 is 13.2 Å². The van der Waals surface area contributed by atoms with Crippen LogP contribution in [0.2, 0.25) is 0 Å². The van der Waals surface area contributed by atoms with Crippen LogP contribution in [0.15, 0.2) is 58.4 Å². The molecular weight excluding hydrogens is 398 g/mol. The van der Waals surface area contributed by atoms with Gasteiger partial charge in [-0.05, 0) is 48.6 Å². The molecule has 1 aromatic carbocycles. The molecule has 1 aliphatic heterocycles. The minimum atomic E-state index is -3.53. The molecule has 1 atom stereocenters. The number of sulfonamides is 1. The van der Waals surface area contributed by atoms with Crippen LogP contribution in [0.1, 0.15) is 12.8 Å². The number of amides is 1. The molecule has 2 aromatic heterocycles. The number of rotatable bonds is 5. The lowest BCUT2D eigenvalue weighted by Gasteiger charge is -2.30. The van der Waals surface area contributed by atoms with E-state index in [0.717, 1.165) is 5.69 Å². The van der Waals surface area contributed by atoms with Gasteiger partial charge >= 0.3 is 0 Å². The van der Waals surface area contributed by atoms with E-state index in [4.69, 9.17) is 0 Å². The second kappa shape index (κ2) is 7.82. The predicted octanol–water partition coefficient (Wildman–Crippen LogP) is 2.37. The number of hydrogen-bond donors (Lipinski definition) is 1. The molecule has 1 N–H and O–H groups in total. The lowest BCUT2D eigenvalue weighted by molar-refractivity contribution is -0.120. The normalized spacial score (nSPS) is 18.1. The zero-order valence-corrected chi connectivity index (χ0v) is 16.6. The minimum absolute atomic E-state index is 0.170. The maximum Gasteiger partial charge on any atom is 0.252 e. The minimum Gasteiger partial charge on any atom is -0.326 e. The Labute approximate surface area is 166 Å². The molecule has 10 heteroatoms. The van der Waals surface area contributed by atoms with Crippen LogP contribution in [0.5, 0.6) is 0 Å². The number of aromatic nitrogens is 3. The first kappa shape index (κ1) is 18.8. The van der Waals surface area contributed by atoms with Gasteiger partial charge in [0.2, 0.25) is 5.91 Å². The summed E-state index contributed by atoms with van der Waals surface area (Å²) in [6.45, 7) is 0.636. The highest BCUT2D eigenvalue weighted by atomic mass is 32.2. The number of benzene rings is 1. The van der Waals surface area contributed by atoms with E-state index in [1.54, 1.807) is 42.0 Å². The number of carbonyl (C=O) groups is 1. The Morgan fingerprint density at radius 1 is 1.14 bits per heavy atom. The lowest BCUT2D eigenvalue weighted by Crippen LogP contribution is -2.43. The fourth-order valence-corrected chi connectivity index (χ4v) is 5.85. The highest BCUT2D eigenvalue weighted by molar-refractivity contribution is 7.91. The molecule has 0 spiro atoms. The first-order valence-electron chi connectivity index (χ1n) is 8.85. The summed E-state index contributed by atoms with van der Waals surface area (Å²) in [4.78, 5) is 14.2. The maximum atomic E-state index is 12.7. The van der Waals surface area contributed by atoms with Gasteiger partial charge in [-0.25, -0.2) is 8.42 Å². The quantitative estimate of drug-likeness (QED) is 0.687. The first-order valence-corrected chi connectivity index (χ1v) is 11.2. The predicted molar refractivity (Wildman–Crippen MR) is 106 cm³/mol. The van der Waals surface area contributed by atoms with Crippen molar-refractivity contribution in [1.82, 2.24) is 19.3 Å². The molecule has 0 aliphatic carbocycles. The van der Waals surface area contributed by atoms with Crippen molar-refractivity contribution in [2.75, 3.05) is 18.4 Å². The molecule has 1 fully saturated rings. The average Bonchev–Trinajstić information content (AvgIpc) is 3.43. The lowest BCUT2D eigenvalue weighted by atomic mass is 9.98. The van der Waals surface area contributed by atoms with Crippen LogP contribution in [0, 0.1) is 5.92 Å². The summed E-state index contributed by atoms with van der Waals surface area (Å²) in [5.41, 5.74) is 1.44. The van der Waals surface area contributed by atoms with E-state index in [1.807, 2.05) is 12.1 Å². The van der Waals surface area contributed by atoms with Gasteiger partial charge < -0.3 is 5.32 Å². The zero-order chi connectivity index (χ0) is 19.6. The number of anilines is 1. The molecule has 8 nitrogen and oxygen atoms in total. The molecule has 1 amide bonds. The van der Waals surface area contributed by atoms with Crippen LogP contribution >= 0.6 is 11.3 Å². The van der Waals surface area contributed by atoms with E-state index in [1.165, 1.54) is 20.4 Å². The van der Waals surface area contributed by atoms with Crippen molar-refractivity contribution in [1.29, 1.82) is 0 Å². The highest BCUT2D eigenvalue weighted by Gasteiger charge is 2.33. The monoisotopic (exact) mass is 417 g/mol. The second-order valence-electron chi connectivity index (χ2n) is 6.49. The van der Waals surface area contributed by atoms with Gasteiger partial charge in [-0.2, -0.15) is 19.3 Å². The Balaban J connectivity index is 1.42. The van der Waals surface area contributed by atoms with Gasteiger partial charge in [0, 0.05) is 18.8 Å². The summed E-state index contributed by atoms with van der Waals surface area (Å²) in [5, 5.41) is 12.7. The van der Waals surface area contributed by atoms with E-state index in [0.29, 0.717) is 29.3 Å². The third-order valence-corrected chi connectivity index (χ3v) is 7.87. The molecule has 3 heterocycles. The average molecular weight is 418 g/mol. The maximum absolute atomic E-state index is 12.7. The highest BCUT2D eigenvalue weighted by Crippen LogP contribution is 2.27. The van der Waals surface area contributed by atoms with Crippen LogP contribution in [0.25, 0.3) is 5.69 Å². The van der Waals surface area contributed by atoms with Crippen LogP contribution in [-0.4, -0.2) is 46.7 Å². The molecule has 146 valence electrons. The fraction of sp³-hybridized carbons (Fsp3) is 0.278. The Hall–Kier alpha value is -2.56. The molecular formula is C18H19N5O3S2. The number of carbonyl (C=O) groups excluding carboxylic acids is 1. The van der Waals surface area contributed by atoms with Gasteiger partial charge in [-0.1, -0.05) is 6.07 Å². The van der Waals surface area contributed by atoms with Crippen molar-refractivity contribution in [2.24, 2.45) is 5.92 Å². The Kier molecular flexibility index (Phi) is 5.25. The van der Waals surface area contributed by atoms with E-state index in [-0.39, 0.29) is 18.4 Å². The van der Waals surface area contributed by atoms with Gasteiger partial charge in [0.15, 0.2) is 0 Å². The first-order chi connectivity index (χ1) is 13.5. The third-order valence-electron chi connectivity index (χ3n) is 4.63. The SMILES string of the molecule is O=C(Nc1ccc(-n2nccn2)cc1)[C@@H]1CCCN(S(=O)(=O)c2cccs2)C1. The molecule has 3 aromatic rings. The largest absolute Gasteiger partial charge is 0.326 e. The van der Waals surface area contributed by atoms with Gasteiger partial charge in [-0.15, -0.1) is 11.3 Å². The number of nitrogens with one attached hydrogen (secondary N) is 1. The van der Waals surface area contributed by atoms with Gasteiger partial charge in [-0.3, -0.25) is 4.79 Å². The number of thiophene rings is 1. The second-order valence-corrected chi connectivity index (χ2v) is 9.60. The summed E-state index contributed by atoms with van der Waals surface area (Å²) in [6.07, 6.45) is 4.51. The molecule has 0 radical (unpaired) electrons. The third kappa shape index (κ3) is 3.84. The fourth-order valence-electron chi connectivity index (χ4n) is 3.18. The van der Waals surface area contributed by atoms with E-state index >= 15 is 0 Å². The number of piperidine rings is 1. The molecule has 0 bridgehead atoms. The van der Waals surface area contributed by atoms with Crippen LogP contribution in [0.4, 0.5) is 5.69 Å². The summed E-state index contributed by atoms with van der Waals surface area (Å²) in [7, 11) is -3.53. The van der Waals surface area contributed by atoms with Gasteiger partial charge in [0.05, 0.1) is 24.0 Å². The summed E-state index contributed by atoms with van der Waals surface area (Å²) < 4.78 is 27.2. The van der Waals surface area contributed by atoms with Crippen LogP contribution < -0.4 is 5.32 Å². The standard InChI is InChI=1S/C18H19N5O3S2/c24-18(21-15-5-7-16(8-6-15)23-19-9-10-20-23)14-3-1-11-22(13-14)28(25,26)17-4-2-12-27-17/h2,4-10,12,14H,1,3,11,13H2,(H,21,24)/t14-/m1/s1. The molecule has 0 unspecified atom stereocenters. The number of hydrogen-bond acceptors (Lipinski definition) is 6. The molecule has 1 saturated heterocycles. The Morgan fingerprint density at radius 2 is 1.89 bits per heavy atom. The van der Waals surface area contributed by atoms with Crippen LogP contribution in [0.3, 0.4) is 0 Å². The van der Waals surface area contributed by atoms with Gasteiger partial charge in [0.25, 0.3) is 10.0 Å². The van der Waals surface area contributed by atoms with E-state index in [9.17, 15) is 13.2 Å². The summed E-state index contributed by atoms with van der Waals surface area (Å²) in [5.74, 6) is -0.549. The molecule has 0 saturated carbocycles. The molecule has 4 rings (SSSR count). The van der Waals surface area contributed by atoms with Crippen molar-refractivity contribution in [3.63, 3.8) is 0 Å². The van der Waals surface area contributed by atoms with E-state index < -0.39 is 10.0 Å². The molecule has 28 heavy (non-hydrogen) atoms. The Bertz CT molecular complexity index is 1030. The zero-order valence-electron chi connectivity index (χ0n) is 14.9. The van der Waals surface area contributed by atoms with Gasteiger partial charge in [0.1, 0.15) is 4.21 Å². The molecule has 1 aliphatic rings. The topological polar surface area (TPSA) is 97.2 Å². The van der Waals surface area contributed by atoms with Crippen molar-refractivity contribution in [3.05, 3.63) is 54.2 Å². The van der Waals surface area contributed by atoms with Crippen molar-refractivity contribution in [3.8, 4) is 5.69 Å². The van der Waals surface area contributed by atoms with Crippen molar-refractivity contribution >= 4 is 33.0 Å². The smallest absolute Gasteiger partial charge is 0.252 e. The number of nitrogens with zero attached hydrogens (tertiary/aromatic N) is 4. The summed E-state index contributed by atoms with van der Waals surface area (Å²) in [6, 6.07) is 10.5. The van der Waals surface area contributed by atoms with Crippen molar-refractivity contribution in [2.45, 2.75) is 17.1 Å². The van der Waals surface area contributed by atoms with E-state index in [2.05, 4.69) is 15.5 Å². The Morgan fingerprint density at radius 3 is 2.57 bits per heavy atom.